The molecule has 6 nitrogen and oxygen atoms in total. The molecule has 1 amide bonds. The van der Waals surface area contributed by atoms with E-state index in [-0.39, 0.29) is 5.76 Å². The fraction of sp³-hybridized carbons (Fsp3) is 0.154. The first-order valence-electron chi connectivity index (χ1n) is 10.3. The van der Waals surface area contributed by atoms with Crippen molar-refractivity contribution in [3.63, 3.8) is 0 Å². The first-order valence-corrected chi connectivity index (χ1v) is 10.3. The zero-order valence-electron chi connectivity index (χ0n) is 17.8. The summed E-state index contributed by atoms with van der Waals surface area (Å²) in [6.07, 6.45) is -1.18. The summed E-state index contributed by atoms with van der Waals surface area (Å²) in [7, 11) is 0. The van der Waals surface area contributed by atoms with Gasteiger partial charge in [0.05, 0.1) is 12.3 Å². The van der Waals surface area contributed by atoms with Crippen LogP contribution in [0.25, 0.3) is 11.0 Å². The van der Waals surface area contributed by atoms with Crippen molar-refractivity contribution in [3.8, 4) is 5.75 Å². The predicted molar refractivity (Wildman–Crippen MR) is 122 cm³/mol. The van der Waals surface area contributed by atoms with Gasteiger partial charge in [-0.2, -0.15) is 0 Å². The van der Waals surface area contributed by atoms with Gasteiger partial charge in [0.2, 0.25) is 11.9 Å². The van der Waals surface area contributed by atoms with Crippen LogP contribution < -0.4 is 10.1 Å². The summed E-state index contributed by atoms with van der Waals surface area (Å²) in [5.74, 6) is -0.587. The summed E-state index contributed by atoms with van der Waals surface area (Å²) >= 11 is 0. The number of anilines is 1. The van der Waals surface area contributed by atoms with Crippen LogP contribution in [0.5, 0.6) is 5.75 Å². The Bertz CT molecular complexity index is 1250. The van der Waals surface area contributed by atoms with Crippen molar-refractivity contribution < 1.29 is 23.5 Å². The van der Waals surface area contributed by atoms with Crippen LogP contribution in [0.2, 0.25) is 0 Å². The molecule has 0 aliphatic heterocycles. The Labute approximate surface area is 185 Å². The highest BCUT2D eigenvalue weighted by Crippen LogP contribution is 2.29. The molecule has 4 aromatic rings. The van der Waals surface area contributed by atoms with Gasteiger partial charge in [-0.15, -0.1) is 0 Å². The molecule has 32 heavy (non-hydrogen) atoms. The Morgan fingerprint density at radius 3 is 2.38 bits per heavy atom. The molecule has 1 unspecified atom stereocenters. The average Bonchev–Trinajstić information content (AvgIpc) is 3.16. The topological polar surface area (TPSA) is 77.8 Å². The number of para-hydroxylation sites is 3. The summed E-state index contributed by atoms with van der Waals surface area (Å²) in [5.41, 5.74) is 2.29. The lowest BCUT2D eigenvalue weighted by molar-refractivity contribution is -0.125. The molecule has 0 bridgehead atoms. The maximum atomic E-state index is 13.2. The van der Waals surface area contributed by atoms with Crippen molar-refractivity contribution in [1.29, 1.82) is 0 Å². The average molecular weight is 429 g/mol. The molecule has 0 spiro atoms. The lowest BCUT2D eigenvalue weighted by Crippen LogP contribution is -2.26. The van der Waals surface area contributed by atoms with E-state index in [1.165, 1.54) is 0 Å². The maximum absolute atomic E-state index is 13.2. The molecule has 0 saturated heterocycles. The highest BCUT2D eigenvalue weighted by Gasteiger charge is 2.29. The number of furan rings is 1. The van der Waals surface area contributed by atoms with Crippen molar-refractivity contribution in [2.45, 2.75) is 20.0 Å². The first kappa shape index (κ1) is 21.2. The molecule has 4 rings (SSSR count). The highest BCUT2D eigenvalue weighted by molar-refractivity contribution is 6.00. The van der Waals surface area contributed by atoms with Crippen LogP contribution in [0.15, 0.2) is 83.3 Å². The first-order chi connectivity index (χ1) is 15.6. The molecule has 6 heteroatoms. The Morgan fingerprint density at radius 2 is 1.62 bits per heavy atom. The number of carbonyl (C=O) groups is 2. The number of rotatable bonds is 7. The third-order valence-corrected chi connectivity index (χ3v) is 5.04. The second-order valence-electron chi connectivity index (χ2n) is 7.17. The van der Waals surface area contributed by atoms with E-state index in [0.717, 1.165) is 5.39 Å². The van der Waals surface area contributed by atoms with Crippen molar-refractivity contribution in [1.82, 2.24) is 0 Å². The van der Waals surface area contributed by atoms with E-state index in [1.54, 1.807) is 55.5 Å². The molecule has 0 saturated carbocycles. The smallest absolute Gasteiger partial charge is 0.375 e. The van der Waals surface area contributed by atoms with Crippen LogP contribution in [0.3, 0.4) is 0 Å². The zero-order chi connectivity index (χ0) is 22.5. The number of aryl methyl sites for hydroxylation is 1. The van der Waals surface area contributed by atoms with Crippen LogP contribution in [0, 0.1) is 6.92 Å². The molecule has 3 aromatic carbocycles. The van der Waals surface area contributed by atoms with E-state index in [1.807, 2.05) is 37.3 Å². The number of ether oxygens (including phenoxy) is 2. The third-order valence-electron chi connectivity index (χ3n) is 5.04. The molecule has 0 aliphatic carbocycles. The van der Waals surface area contributed by atoms with Gasteiger partial charge >= 0.3 is 5.97 Å². The van der Waals surface area contributed by atoms with Gasteiger partial charge in [0.15, 0.2) is 0 Å². The van der Waals surface area contributed by atoms with Gasteiger partial charge in [-0.05, 0) is 32.0 Å². The zero-order valence-corrected chi connectivity index (χ0v) is 17.8. The SMILES string of the molecule is CCOc1ccccc1NC(=O)C(OC(=O)c1oc2ccccc2c1C)c1ccccc1. The Morgan fingerprint density at radius 1 is 0.938 bits per heavy atom. The highest BCUT2D eigenvalue weighted by atomic mass is 16.6. The van der Waals surface area contributed by atoms with Crippen LogP contribution in [-0.4, -0.2) is 18.5 Å². The van der Waals surface area contributed by atoms with E-state index < -0.39 is 18.0 Å². The van der Waals surface area contributed by atoms with Gasteiger partial charge in [-0.3, -0.25) is 4.79 Å². The number of carbonyl (C=O) groups excluding carboxylic acids is 2. The summed E-state index contributed by atoms with van der Waals surface area (Å²) < 4.78 is 17.0. The van der Waals surface area contributed by atoms with E-state index in [0.29, 0.717) is 34.8 Å². The fourth-order valence-corrected chi connectivity index (χ4v) is 3.48. The molecule has 162 valence electrons. The minimum absolute atomic E-state index is 0.0784. The number of fused-ring (bicyclic) bond motifs is 1. The predicted octanol–water partition coefficient (Wildman–Crippen LogP) is 5.68. The van der Waals surface area contributed by atoms with Gasteiger partial charge < -0.3 is 19.2 Å². The fourth-order valence-electron chi connectivity index (χ4n) is 3.48. The molecule has 1 atom stereocenters. The van der Waals surface area contributed by atoms with Crippen molar-refractivity contribution in [2.75, 3.05) is 11.9 Å². The quantitative estimate of drug-likeness (QED) is 0.383. The van der Waals surface area contributed by atoms with Crippen molar-refractivity contribution in [3.05, 3.63) is 95.7 Å². The van der Waals surface area contributed by atoms with E-state index in [9.17, 15) is 9.59 Å². The lowest BCUT2D eigenvalue weighted by atomic mass is 10.1. The molecule has 1 heterocycles. The number of hydrogen-bond donors (Lipinski definition) is 1. The lowest BCUT2D eigenvalue weighted by Gasteiger charge is -2.19. The van der Waals surface area contributed by atoms with Crippen LogP contribution >= 0.6 is 0 Å². The summed E-state index contributed by atoms with van der Waals surface area (Å²) in [6, 6.07) is 23.3. The number of nitrogens with one attached hydrogen (secondary N) is 1. The maximum Gasteiger partial charge on any atom is 0.375 e. The summed E-state index contributed by atoms with van der Waals surface area (Å²) in [4.78, 5) is 26.2. The standard InChI is InChI=1S/C26H23NO5/c1-3-30-22-16-10-8-14-20(22)27-25(28)24(18-11-5-4-6-12-18)32-26(29)23-17(2)19-13-7-9-15-21(19)31-23/h4-16,24H,3H2,1-2H3,(H,27,28). The van der Waals surface area contributed by atoms with E-state index >= 15 is 0 Å². The van der Waals surface area contributed by atoms with Gasteiger partial charge in [-0.1, -0.05) is 60.7 Å². The van der Waals surface area contributed by atoms with Crippen LogP contribution in [0.1, 0.15) is 34.7 Å². The number of esters is 1. The third kappa shape index (κ3) is 4.34. The van der Waals surface area contributed by atoms with Gasteiger partial charge in [-0.25, -0.2) is 4.79 Å². The molecule has 1 N–H and O–H groups in total. The molecule has 0 radical (unpaired) electrons. The monoisotopic (exact) mass is 429 g/mol. The number of amides is 1. The van der Waals surface area contributed by atoms with Gasteiger partial charge in [0.1, 0.15) is 11.3 Å². The van der Waals surface area contributed by atoms with Crippen molar-refractivity contribution in [2.24, 2.45) is 0 Å². The molecule has 0 aliphatic rings. The second-order valence-corrected chi connectivity index (χ2v) is 7.17. The second kappa shape index (κ2) is 9.39. The number of benzene rings is 3. The molecular weight excluding hydrogens is 406 g/mol. The van der Waals surface area contributed by atoms with Crippen molar-refractivity contribution >= 4 is 28.5 Å². The molecule has 0 fully saturated rings. The minimum atomic E-state index is -1.18. The Kier molecular flexibility index (Phi) is 6.22. The number of hydrogen-bond acceptors (Lipinski definition) is 5. The molecule has 1 aromatic heterocycles. The van der Waals surface area contributed by atoms with Gasteiger partial charge in [0.25, 0.3) is 5.91 Å². The Hall–Kier alpha value is -4.06. The minimum Gasteiger partial charge on any atom is -0.492 e. The Balaban J connectivity index is 1.63. The normalized spacial score (nSPS) is 11.7. The largest absolute Gasteiger partial charge is 0.492 e. The summed E-state index contributed by atoms with van der Waals surface area (Å²) in [6.45, 7) is 4.11. The van der Waals surface area contributed by atoms with Gasteiger partial charge in [0, 0.05) is 16.5 Å². The summed E-state index contributed by atoms with van der Waals surface area (Å²) in [5, 5.41) is 3.64. The van der Waals surface area contributed by atoms with E-state index in [4.69, 9.17) is 13.9 Å². The molecular formula is C26H23NO5. The van der Waals surface area contributed by atoms with E-state index in [2.05, 4.69) is 5.32 Å². The van der Waals surface area contributed by atoms with Crippen LogP contribution in [-0.2, 0) is 9.53 Å². The van der Waals surface area contributed by atoms with Crippen LogP contribution in [0.4, 0.5) is 5.69 Å².